The van der Waals surface area contributed by atoms with Gasteiger partial charge in [-0.2, -0.15) is 0 Å². The summed E-state index contributed by atoms with van der Waals surface area (Å²) in [5.41, 5.74) is -0.0111. The number of piperazine rings is 1. The zero-order valence-electron chi connectivity index (χ0n) is 17.1. The third kappa shape index (κ3) is 4.63. The summed E-state index contributed by atoms with van der Waals surface area (Å²) in [5, 5.41) is 0. The van der Waals surface area contributed by atoms with Crippen LogP contribution in [0.1, 0.15) is 32.3 Å². The van der Waals surface area contributed by atoms with Crippen molar-refractivity contribution < 1.29 is 23.9 Å². The van der Waals surface area contributed by atoms with E-state index in [9.17, 15) is 14.4 Å². The molecule has 2 aliphatic heterocycles. The van der Waals surface area contributed by atoms with Crippen LogP contribution in [0.2, 0.25) is 0 Å². The maximum Gasteiger partial charge on any atom is 0.410 e. The number of benzene rings is 1. The highest BCUT2D eigenvalue weighted by molar-refractivity contribution is 5.90. The number of hydrogen-bond acceptors (Lipinski definition) is 5. The maximum absolute atomic E-state index is 13.3. The van der Waals surface area contributed by atoms with E-state index < -0.39 is 11.6 Å². The number of nitrogens with zero attached hydrogens (tertiary/aromatic N) is 3. The zero-order chi connectivity index (χ0) is 20.9. The van der Waals surface area contributed by atoms with Crippen LogP contribution in [0.15, 0.2) is 30.3 Å². The normalized spacial score (nSPS) is 21.8. The highest BCUT2D eigenvalue weighted by Crippen LogP contribution is 2.32. The predicted molar refractivity (Wildman–Crippen MR) is 106 cm³/mol. The molecule has 1 atom stereocenters. The minimum atomic E-state index is -0.917. The number of amides is 3. The smallest absolute Gasteiger partial charge is 0.410 e. The Morgan fingerprint density at radius 3 is 2.24 bits per heavy atom. The van der Waals surface area contributed by atoms with Crippen molar-refractivity contribution in [1.82, 2.24) is 14.7 Å². The van der Waals surface area contributed by atoms with Gasteiger partial charge >= 0.3 is 12.2 Å². The van der Waals surface area contributed by atoms with Gasteiger partial charge in [-0.05, 0) is 32.3 Å². The molecule has 8 heteroatoms. The second-order valence-corrected chi connectivity index (χ2v) is 7.55. The summed E-state index contributed by atoms with van der Waals surface area (Å²) in [7, 11) is 0. The number of carbonyl (C=O) groups excluding carboxylic acids is 3. The fourth-order valence-electron chi connectivity index (χ4n) is 3.92. The van der Waals surface area contributed by atoms with Crippen molar-refractivity contribution in [3.63, 3.8) is 0 Å². The molecule has 1 unspecified atom stereocenters. The molecule has 2 heterocycles. The predicted octanol–water partition coefficient (Wildman–Crippen LogP) is 2.48. The second-order valence-electron chi connectivity index (χ2n) is 7.55. The van der Waals surface area contributed by atoms with Crippen molar-refractivity contribution in [3.05, 3.63) is 35.9 Å². The van der Waals surface area contributed by atoms with Gasteiger partial charge in [0, 0.05) is 32.7 Å². The van der Waals surface area contributed by atoms with Crippen LogP contribution in [0.5, 0.6) is 0 Å². The molecule has 3 amide bonds. The van der Waals surface area contributed by atoms with Gasteiger partial charge in [0.15, 0.2) is 0 Å². The summed E-state index contributed by atoms with van der Waals surface area (Å²) in [5.74, 6) is -0.0878. The summed E-state index contributed by atoms with van der Waals surface area (Å²) in [6.45, 7) is 6.31. The van der Waals surface area contributed by atoms with Crippen molar-refractivity contribution in [2.24, 2.45) is 0 Å². The number of carbonyl (C=O) groups is 3. The minimum absolute atomic E-state index is 0.0878. The number of hydrogen-bond donors (Lipinski definition) is 0. The molecular formula is C21H29N3O5. The average molecular weight is 403 g/mol. The Morgan fingerprint density at radius 2 is 1.59 bits per heavy atom. The van der Waals surface area contributed by atoms with Gasteiger partial charge in [0.25, 0.3) is 0 Å². The van der Waals surface area contributed by atoms with Crippen molar-refractivity contribution in [2.45, 2.75) is 38.8 Å². The van der Waals surface area contributed by atoms with Gasteiger partial charge in [-0.25, -0.2) is 9.59 Å². The third-order valence-corrected chi connectivity index (χ3v) is 5.62. The van der Waals surface area contributed by atoms with E-state index in [1.165, 1.54) is 0 Å². The molecule has 158 valence electrons. The molecule has 0 aliphatic carbocycles. The lowest BCUT2D eigenvalue weighted by atomic mass is 9.96. The maximum atomic E-state index is 13.3. The van der Waals surface area contributed by atoms with Crippen LogP contribution in [0, 0.1) is 0 Å². The van der Waals surface area contributed by atoms with Crippen molar-refractivity contribution in [1.29, 1.82) is 0 Å². The lowest BCUT2D eigenvalue weighted by Gasteiger charge is -2.41. The third-order valence-electron chi connectivity index (χ3n) is 5.62. The van der Waals surface area contributed by atoms with Crippen LogP contribution in [0.25, 0.3) is 0 Å². The van der Waals surface area contributed by atoms with E-state index in [0.29, 0.717) is 45.8 Å². The fraction of sp³-hybridized carbons (Fsp3) is 0.571. The largest absolute Gasteiger partial charge is 0.450 e. The van der Waals surface area contributed by atoms with Gasteiger partial charge in [0.1, 0.15) is 12.1 Å². The summed E-state index contributed by atoms with van der Waals surface area (Å²) in [6, 6.07) is 9.48. The number of likely N-dealkylation sites (tertiary alicyclic amines) is 1. The molecule has 0 radical (unpaired) electrons. The number of rotatable bonds is 4. The molecule has 3 rings (SSSR count). The molecule has 2 fully saturated rings. The molecule has 0 spiro atoms. The summed E-state index contributed by atoms with van der Waals surface area (Å²) in [4.78, 5) is 42.7. The Morgan fingerprint density at radius 1 is 0.931 bits per heavy atom. The summed E-state index contributed by atoms with van der Waals surface area (Å²) >= 11 is 0. The van der Waals surface area contributed by atoms with E-state index in [2.05, 4.69) is 0 Å². The lowest BCUT2D eigenvalue weighted by Crippen LogP contribution is -2.60. The highest BCUT2D eigenvalue weighted by atomic mass is 16.6. The van der Waals surface area contributed by atoms with Gasteiger partial charge in [-0.1, -0.05) is 30.3 Å². The monoisotopic (exact) mass is 403 g/mol. The van der Waals surface area contributed by atoms with Crippen LogP contribution in [-0.2, 0) is 20.9 Å². The fourth-order valence-corrected chi connectivity index (χ4v) is 3.92. The Hall–Kier alpha value is -2.77. The van der Waals surface area contributed by atoms with Gasteiger partial charge in [-0.15, -0.1) is 0 Å². The topological polar surface area (TPSA) is 79.4 Å². The van der Waals surface area contributed by atoms with Crippen LogP contribution >= 0.6 is 0 Å². The first-order valence-electron chi connectivity index (χ1n) is 10.1. The molecule has 29 heavy (non-hydrogen) atoms. The molecule has 2 saturated heterocycles. The van der Waals surface area contributed by atoms with Crippen LogP contribution in [0.4, 0.5) is 9.59 Å². The molecule has 1 aromatic rings. The van der Waals surface area contributed by atoms with E-state index in [0.717, 1.165) is 12.0 Å². The van der Waals surface area contributed by atoms with Crippen molar-refractivity contribution in [2.75, 3.05) is 39.3 Å². The highest BCUT2D eigenvalue weighted by Gasteiger charge is 2.48. The van der Waals surface area contributed by atoms with E-state index in [4.69, 9.17) is 9.47 Å². The molecule has 0 aromatic heterocycles. The first kappa shape index (κ1) is 21.0. The van der Waals surface area contributed by atoms with Crippen molar-refractivity contribution in [3.8, 4) is 0 Å². The molecule has 8 nitrogen and oxygen atoms in total. The molecule has 2 aliphatic rings. The quantitative estimate of drug-likeness (QED) is 0.772. The van der Waals surface area contributed by atoms with E-state index in [-0.39, 0.29) is 18.6 Å². The lowest BCUT2D eigenvalue weighted by molar-refractivity contribution is -0.143. The standard InChI is InChI=1S/C21H29N3O5/c1-3-28-19(26)23-14-12-22(13-15-23)18(25)21(2)10-7-11-24(21)20(27)29-16-17-8-5-4-6-9-17/h4-6,8-9H,3,7,10-16H2,1-2H3. The molecule has 0 bridgehead atoms. The Kier molecular flexibility index (Phi) is 6.61. The SMILES string of the molecule is CCOC(=O)N1CCN(C(=O)C2(C)CCCN2C(=O)OCc2ccccc2)CC1. The second kappa shape index (κ2) is 9.15. The van der Waals surface area contributed by atoms with Crippen LogP contribution < -0.4 is 0 Å². The van der Waals surface area contributed by atoms with Gasteiger partial charge in [0.2, 0.25) is 5.91 Å². The first-order chi connectivity index (χ1) is 14.0. The average Bonchev–Trinajstić information content (AvgIpc) is 3.15. The van der Waals surface area contributed by atoms with Gasteiger partial charge in [0.05, 0.1) is 6.61 Å². The van der Waals surface area contributed by atoms with Crippen molar-refractivity contribution >= 4 is 18.1 Å². The summed E-state index contributed by atoms with van der Waals surface area (Å²) < 4.78 is 10.5. The molecule has 1 aromatic carbocycles. The Balaban J connectivity index is 1.58. The molecular weight excluding hydrogens is 374 g/mol. The van der Waals surface area contributed by atoms with Crippen LogP contribution in [-0.4, -0.2) is 77.7 Å². The van der Waals surface area contributed by atoms with Gasteiger partial charge in [-0.3, -0.25) is 9.69 Å². The Labute approximate surface area is 171 Å². The van der Waals surface area contributed by atoms with E-state index in [1.807, 2.05) is 37.3 Å². The van der Waals surface area contributed by atoms with Crippen LogP contribution in [0.3, 0.4) is 0 Å². The molecule has 0 saturated carbocycles. The number of ether oxygens (including phenoxy) is 2. The first-order valence-corrected chi connectivity index (χ1v) is 10.1. The van der Waals surface area contributed by atoms with E-state index >= 15 is 0 Å². The zero-order valence-corrected chi connectivity index (χ0v) is 17.1. The molecule has 0 N–H and O–H groups in total. The Bertz CT molecular complexity index is 733. The van der Waals surface area contributed by atoms with E-state index in [1.54, 1.807) is 21.6 Å². The van der Waals surface area contributed by atoms with Gasteiger partial charge < -0.3 is 19.3 Å². The minimum Gasteiger partial charge on any atom is -0.450 e. The summed E-state index contributed by atoms with van der Waals surface area (Å²) in [6.07, 6.45) is 0.542.